The highest BCUT2D eigenvalue weighted by Gasteiger charge is 2.55. The molecule has 128 valence electrons. The van der Waals surface area contributed by atoms with Gasteiger partial charge in [0.2, 0.25) is 0 Å². The largest absolute Gasteiger partial charge is 0.501 e. The van der Waals surface area contributed by atoms with Gasteiger partial charge in [0.25, 0.3) is 0 Å². The van der Waals surface area contributed by atoms with E-state index in [4.69, 9.17) is 9.31 Å². The topological polar surface area (TPSA) is 51.3 Å². The van der Waals surface area contributed by atoms with Crippen molar-refractivity contribution in [3.63, 3.8) is 0 Å². The Hall–Kier alpha value is -1.80. The van der Waals surface area contributed by atoms with Gasteiger partial charge in [-0.1, -0.05) is 12.1 Å². The van der Waals surface area contributed by atoms with Gasteiger partial charge in [-0.25, -0.2) is 0 Å². The molecule has 0 unspecified atom stereocenters. The van der Waals surface area contributed by atoms with Gasteiger partial charge in [0, 0.05) is 10.9 Å². The number of alkyl halides is 3. The first-order chi connectivity index (χ1) is 10.9. The zero-order valence-corrected chi connectivity index (χ0v) is 13.7. The summed E-state index contributed by atoms with van der Waals surface area (Å²) in [6.07, 6.45) is -4.73. The zero-order valence-electron chi connectivity index (χ0n) is 13.7. The lowest BCUT2D eigenvalue weighted by Crippen LogP contribution is -2.48. The van der Waals surface area contributed by atoms with Crippen LogP contribution in [0, 0.1) is 0 Å². The van der Waals surface area contributed by atoms with Gasteiger partial charge in [-0.3, -0.25) is 4.79 Å². The normalized spacial score (nSPS) is 19.9. The van der Waals surface area contributed by atoms with Crippen molar-refractivity contribution in [1.82, 2.24) is 4.98 Å². The number of aromatic nitrogens is 1. The Morgan fingerprint density at radius 1 is 1.04 bits per heavy atom. The van der Waals surface area contributed by atoms with E-state index in [1.165, 1.54) is 12.1 Å². The molecule has 4 nitrogen and oxygen atoms in total. The van der Waals surface area contributed by atoms with Crippen LogP contribution in [0.25, 0.3) is 10.9 Å². The Kier molecular flexibility index (Phi) is 3.62. The number of rotatable bonds is 1. The maximum Gasteiger partial charge on any atom is 0.501 e. The van der Waals surface area contributed by atoms with Gasteiger partial charge in [-0.15, -0.1) is 0 Å². The minimum absolute atomic E-state index is 0.120. The van der Waals surface area contributed by atoms with E-state index in [1.807, 2.05) is 0 Å². The van der Waals surface area contributed by atoms with Gasteiger partial charge >= 0.3 is 13.3 Å². The zero-order chi connectivity index (χ0) is 17.9. The van der Waals surface area contributed by atoms with Crippen molar-refractivity contribution >= 4 is 23.5 Å². The molecule has 1 N–H and O–H groups in total. The van der Waals surface area contributed by atoms with Crippen LogP contribution < -0.4 is 10.9 Å². The summed E-state index contributed by atoms with van der Waals surface area (Å²) in [5.74, 6) is 0. The number of aromatic amines is 1. The third kappa shape index (κ3) is 2.54. The molecule has 8 heteroatoms. The molecule has 1 aliphatic heterocycles. The van der Waals surface area contributed by atoms with Crippen LogP contribution in [0.3, 0.4) is 0 Å². The van der Waals surface area contributed by atoms with Crippen molar-refractivity contribution in [2.24, 2.45) is 0 Å². The van der Waals surface area contributed by atoms with Gasteiger partial charge in [-0.2, -0.15) is 13.2 Å². The predicted octanol–water partition coefficient (Wildman–Crippen LogP) is 2.85. The highest BCUT2D eigenvalue weighted by Crippen LogP contribution is 2.37. The molecule has 2 heterocycles. The van der Waals surface area contributed by atoms with Gasteiger partial charge in [0.05, 0.1) is 16.7 Å². The highest BCUT2D eigenvalue weighted by atomic mass is 19.4. The molecule has 1 aromatic carbocycles. The number of para-hydroxylation sites is 1. The van der Waals surface area contributed by atoms with Crippen molar-refractivity contribution in [2.75, 3.05) is 0 Å². The van der Waals surface area contributed by atoms with E-state index in [0.29, 0.717) is 0 Å². The SMILES string of the molecule is CC1(C)OB(c2c(C(F)(F)F)[nH]c3ccccc3c2=O)OC1(C)C. The van der Waals surface area contributed by atoms with E-state index in [0.717, 1.165) is 0 Å². The molecule has 0 saturated carbocycles. The van der Waals surface area contributed by atoms with Crippen LogP contribution in [0.2, 0.25) is 0 Å². The second-order valence-corrected chi connectivity index (χ2v) is 6.87. The minimum Gasteiger partial charge on any atom is -0.399 e. The Morgan fingerprint density at radius 3 is 2.12 bits per heavy atom. The van der Waals surface area contributed by atoms with Crippen LogP contribution in [0.5, 0.6) is 0 Å². The Labute approximate surface area is 137 Å². The quantitative estimate of drug-likeness (QED) is 0.813. The van der Waals surface area contributed by atoms with Crippen LogP contribution in [-0.4, -0.2) is 23.3 Å². The summed E-state index contributed by atoms with van der Waals surface area (Å²) in [5, 5.41) is 0.162. The van der Waals surface area contributed by atoms with Crippen LogP contribution >= 0.6 is 0 Å². The average molecular weight is 339 g/mol. The third-order valence-corrected chi connectivity index (χ3v) is 4.72. The maximum absolute atomic E-state index is 13.5. The molecule has 1 aromatic heterocycles. The summed E-state index contributed by atoms with van der Waals surface area (Å²) in [7, 11) is -1.39. The lowest BCUT2D eigenvalue weighted by molar-refractivity contribution is -0.140. The molecule has 0 bridgehead atoms. The monoisotopic (exact) mass is 339 g/mol. The fourth-order valence-corrected chi connectivity index (χ4v) is 2.66. The van der Waals surface area contributed by atoms with Gasteiger partial charge in [-0.05, 0) is 39.8 Å². The van der Waals surface area contributed by atoms with Crippen molar-refractivity contribution in [1.29, 1.82) is 0 Å². The van der Waals surface area contributed by atoms with Gasteiger partial charge < -0.3 is 14.3 Å². The van der Waals surface area contributed by atoms with E-state index in [1.54, 1.807) is 39.8 Å². The summed E-state index contributed by atoms with van der Waals surface area (Å²) >= 11 is 0. The molecule has 24 heavy (non-hydrogen) atoms. The molecule has 0 radical (unpaired) electrons. The van der Waals surface area contributed by atoms with E-state index >= 15 is 0 Å². The third-order valence-electron chi connectivity index (χ3n) is 4.72. The second-order valence-electron chi connectivity index (χ2n) is 6.87. The molecule has 3 rings (SSSR count). The van der Waals surface area contributed by atoms with Crippen molar-refractivity contribution in [2.45, 2.75) is 45.1 Å². The summed E-state index contributed by atoms with van der Waals surface area (Å²) in [6.45, 7) is 6.87. The van der Waals surface area contributed by atoms with Gasteiger partial charge in [0.1, 0.15) is 5.69 Å². The number of halogens is 3. The number of H-pyrrole nitrogens is 1. The van der Waals surface area contributed by atoms with E-state index in [-0.39, 0.29) is 10.9 Å². The first-order valence-electron chi connectivity index (χ1n) is 7.52. The van der Waals surface area contributed by atoms with Gasteiger partial charge in [0.15, 0.2) is 5.43 Å². The summed E-state index contributed by atoms with van der Waals surface area (Å²) in [4.78, 5) is 15.0. The fourth-order valence-electron chi connectivity index (χ4n) is 2.66. The number of pyridine rings is 1. The molecule has 2 aromatic rings. The number of nitrogens with one attached hydrogen (secondary N) is 1. The molecule has 0 spiro atoms. The highest BCUT2D eigenvalue weighted by molar-refractivity contribution is 6.62. The lowest BCUT2D eigenvalue weighted by atomic mass is 9.76. The minimum atomic E-state index is -4.73. The Bertz CT molecular complexity index is 842. The van der Waals surface area contributed by atoms with Crippen LogP contribution in [0.4, 0.5) is 13.2 Å². The lowest BCUT2D eigenvalue weighted by Gasteiger charge is -2.32. The van der Waals surface area contributed by atoms with Crippen LogP contribution in [0.15, 0.2) is 29.1 Å². The maximum atomic E-state index is 13.5. The van der Waals surface area contributed by atoms with Crippen LogP contribution in [-0.2, 0) is 15.5 Å². The smallest absolute Gasteiger partial charge is 0.399 e. The summed E-state index contributed by atoms with van der Waals surface area (Å²) in [5.41, 5.74) is -3.99. The van der Waals surface area contributed by atoms with Crippen molar-refractivity contribution < 1.29 is 22.5 Å². The molecule has 1 saturated heterocycles. The molecular formula is C16H17BF3NO3. The van der Waals surface area contributed by atoms with E-state index < -0.39 is 41.1 Å². The standard InChI is InChI=1S/C16H17BF3NO3/c1-14(2)15(3,4)24-17(23-14)11-12(22)9-7-5-6-8-10(9)21-13(11)16(18,19)20/h5-8H,1-4H3,(H,21,22). The van der Waals surface area contributed by atoms with E-state index in [9.17, 15) is 18.0 Å². The molecule has 1 aliphatic rings. The average Bonchev–Trinajstić information content (AvgIpc) is 2.66. The molecule has 0 aliphatic carbocycles. The molecule has 0 amide bonds. The molecular weight excluding hydrogens is 322 g/mol. The number of fused-ring (bicyclic) bond motifs is 1. The number of benzene rings is 1. The fraction of sp³-hybridized carbons (Fsp3) is 0.438. The second kappa shape index (κ2) is 5.10. The summed E-state index contributed by atoms with van der Waals surface area (Å²) in [6, 6.07) is 6.06. The Morgan fingerprint density at radius 2 is 1.58 bits per heavy atom. The molecule has 0 atom stereocenters. The Balaban J connectivity index is 2.28. The summed E-state index contributed by atoms with van der Waals surface area (Å²) < 4.78 is 51.9. The van der Waals surface area contributed by atoms with Crippen LogP contribution in [0.1, 0.15) is 33.4 Å². The molecule has 1 fully saturated rings. The van der Waals surface area contributed by atoms with E-state index in [2.05, 4.69) is 4.98 Å². The number of hydrogen-bond donors (Lipinski definition) is 1. The number of hydrogen-bond acceptors (Lipinski definition) is 3. The first kappa shape index (κ1) is 17.0. The predicted molar refractivity (Wildman–Crippen MR) is 85.3 cm³/mol. The first-order valence-corrected chi connectivity index (χ1v) is 7.52. The van der Waals surface area contributed by atoms with Crippen molar-refractivity contribution in [3.8, 4) is 0 Å². The van der Waals surface area contributed by atoms with Crippen molar-refractivity contribution in [3.05, 3.63) is 40.2 Å².